The van der Waals surface area contributed by atoms with Crippen molar-refractivity contribution in [3.8, 4) is 0 Å². The highest BCUT2D eigenvalue weighted by Crippen LogP contribution is 2.32. The molecular formula is C14H16Cl2FN3O3. The van der Waals surface area contributed by atoms with Crippen LogP contribution in [0.1, 0.15) is 18.6 Å². The van der Waals surface area contributed by atoms with Crippen molar-refractivity contribution >= 4 is 35.1 Å². The molecule has 1 fully saturated rings. The number of amides is 3. The molecule has 2 unspecified atom stereocenters. The third kappa shape index (κ3) is 4.25. The summed E-state index contributed by atoms with van der Waals surface area (Å²) in [6, 6.07) is 0.964. The molecule has 126 valence electrons. The molecule has 0 aliphatic carbocycles. The van der Waals surface area contributed by atoms with Gasteiger partial charge in [0.25, 0.3) is 0 Å². The third-order valence-corrected chi connectivity index (χ3v) is 4.11. The molecule has 0 aromatic heterocycles. The predicted molar refractivity (Wildman–Crippen MR) is 83.9 cm³/mol. The average molecular weight is 364 g/mol. The summed E-state index contributed by atoms with van der Waals surface area (Å²) < 4.78 is 19.2. The summed E-state index contributed by atoms with van der Waals surface area (Å²) in [7, 11) is 0. The highest BCUT2D eigenvalue weighted by atomic mass is 35.5. The molecule has 0 bridgehead atoms. The number of morpholine rings is 1. The van der Waals surface area contributed by atoms with Gasteiger partial charge in [-0.25, -0.2) is 9.18 Å². The Hall–Kier alpha value is -1.57. The first kappa shape index (κ1) is 17.8. The smallest absolute Gasteiger partial charge is 0.312 e. The molecule has 1 saturated heterocycles. The SMILES string of the molecule is CC(NC(N)=O)C(=O)N1CCOC(c2cc(F)c(Cl)cc2Cl)C1. The second kappa shape index (κ2) is 7.33. The molecule has 3 amide bonds. The summed E-state index contributed by atoms with van der Waals surface area (Å²) in [6.07, 6.45) is -0.576. The van der Waals surface area contributed by atoms with Crippen molar-refractivity contribution in [3.05, 3.63) is 33.6 Å². The number of primary amides is 1. The first-order valence-corrected chi connectivity index (χ1v) is 7.66. The average Bonchev–Trinajstić information content (AvgIpc) is 2.49. The van der Waals surface area contributed by atoms with E-state index in [1.807, 2.05) is 0 Å². The van der Waals surface area contributed by atoms with E-state index in [4.69, 9.17) is 33.7 Å². The second-order valence-corrected chi connectivity index (χ2v) is 5.98. The number of ether oxygens (including phenoxy) is 1. The Kier molecular flexibility index (Phi) is 5.67. The highest BCUT2D eigenvalue weighted by molar-refractivity contribution is 6.35. The maximum atomic E-state index is 13.7. The van der Waals surface area contributed by atoms with Crippen LogP contribution in [-0.2, 0) is 9.53 Å². The Morgan fingerprint density at radius 3 is 2.78 bits per heavy atom. The summed E-state index contributed by atoms with van der Waals surface area (Å²) in [4.78, 5) is 24.6. The molecule has 2 rings (SSSR count). The van der Waals surface area contributed by atoms with Crippen LogP contribution < -0.4 is 11.1 Å². The molecule has 1 aromatic carbocycles. The number of halogens is 3. The van der Waals surface area contributed by atoms with Crippen LogP contribution >= 0.6 is 23.2 Å². The molecule has 9 heteroatoms. The van der Waals surface area contributed by atoms with Crippen LogP contribution in [0.15, 0.2) is 12.1 Å². The molecule has 1 aliphatic heterocycles. The molecule has 0 spiro atoms. The number of urea groups is 1. The molecule has 1 aromatic rings. The zero-order valence-corrected chi connectivity index (χ0v) is 13.8. The molecule has 0 saturated carbocycles. The van der Waals surface area contributed by atoms with Crippen LogP contribution in [0.3, 0.4) is 0 Å². The minimum absolute atomic E-state index is 0.0817. The molecule has 2 atom stereocenters. The normalized spacial score (nSPS) is 19.3. The fraction of sp³-hybridized carbons (Fsp3) is 0.429. The second-order valence-electron chi connectivity index (χ2n) is 5.16. The van der Waals surface area contributed by atoms with Crippen molar-refractivity contribution < 1.29 is 18.7 Å². The van der Waals surface area contributed by atoms with E-state index in [1.54, 1.807) is 0 Å². The Bertz CT molecular complexity index is 630. The maximum Gasteiger partial charge on any atom is 0.312 e. The number of hydrogen-bond donors (Lipinski definition) is 2. The number of nitrogens with one attached hydrogen (secondary N) is 1. The van der Waals surface area contributed by atoms with Crippen LogP contribution in [0.25, 0.3) is 0 Å². The van der Waals surface area contributed by atoms with Gasteiger partial charge in [-0.05, 0) is 19.1 Å². The quantitative estimate of drug-likeness (QED) is 0.806. The number of carbonyl (C=O) groups is 2. The van der Waals surface area contributed by atoms with Crippen molar-refractivity contribution in [2.75, 3.05) is 19.7 Å². The van der Waals surface area contributed by atoms with Gasteiger partial charge >= 0.3 is 6.03 Å². The lowest BCUT2D eigenvalue weighted by atomic mass is 10.1. The van der Waals surface area contributed by atoms with E-state index in [0.29, 0.717) is 12.1 Å². The summed E-state index contributed by atoms with van der Waals surface area (Å²) in [5.41, 5.74) is 5.43. The van der Waals surface area contributed by atoms with Gasteiger partial charge in [0.05, 0.1) is 18.2 Å². The van der Waals surface area contributed by atoms with E-state index in [2.05, 4.69) is 5.32 Å². The molecule has 0 radical (unpaired) electrons. The van der Waals surface area contributed by atoms with Crippen LogP contribution in [0.4, 0.5) is 9.18 Å². The first-order chi connectivity index (χ1) is 10.8. The summed E-state index contributed by atoms with van der Waals surface area (Å²) in [6.45, 7) is 2.34. The molecule has 1 heterocycles. The van der Waals surface area contributed by atoms with Gasteiger partial charge in [-0.3, -0.25) is 4.79 Å². The van der Waals surface area contributed by atoms with Gasteiger partial charge < -0.3 is 20.7 Å². The number of hydrogen-bond acceptors (Lipinski definition) is 3. The molecular weight excluding hydrogens is 348 g/mol. The topological polar surface area (TPSA) is 84.7 Å². The van der Waals surface area contributed by atoms with E-state index in [9.17, 15) is 14.0 Å². The van der Waals surface area contributed by atoms with E-state index >= 15 is 0 Å². The largest absolute Gasteiger partial charge is 0.370 e. The molecule has 23 heavy (non-hydrogen) atoms. The number of rotatable bonds is 3. The molecule has 1 aliphatic rings. The van der Waals surface area contributed by atoms with Crippen LogP contribution in [0.5, 0.6) is 0 Å². The third-order valence-electron chi connectivity index (χ3n) is 3.49. The number of nitrogens with zero attached hydrogens (tertiary/aromatic N) is 1. The van der Waals surface area contributed by atoms with E-state index in [-0.39, 0.29) is 29.1 Å². The van der Waals surface area contributed by atoms with Crippen molar-refractivity contribution in [1.29, 1.82) is 0 Å². The predicted octanol–water partition coefficient (Wildman–Crippen LogP) is 2.09. The van der Waals surface area contributed by atoms with Crippen LogP contribution in [-0.4, -0.2) is 42.6 Å². The van der Waals surface area contributed by atoms with Gasteiger partial charge in [0.2, 0.25) is 5.91 Å². The van der Waals surface area contributed by atoms with Gasteiger partial charge in [-0.15, -0.1) is 0 Å². The van der Waals surface area contributed by atoms with Gasteiger partial charge in [-0.2, -0.15) is 0 Å². The molecule has 3 N–H and O–H groups in total. The maximum absolute atomic E-state index is 13.7. The zero-order valence-electron chi connectivity index (χ0n) is 12.3. The van der Waals surface area contributed by atoms with Crippen LogP contribution in [0, 0.1) is 5.82 Å². The number of nitrogens with two attached hydrogens (primary N) is 1. The van der Waals surface area contributed by atoms with E-state index in [1.165, 1.54) is 24.0 Å². The van der Waals surface area contributed by atoms with Crippen LogP contribution in [0.2, 0.25) is 10.0 Å². The minimum atomic E-state index is -0.779. The van der Waals surface area contributed by atoms with Crippen molar-refractivity contribution in [2.24, 2.45) is 5.73 Å². The Labute approximate surface area is 142 Å². The molecule has 6 nitrogen and oxygen atoms in total. The standard InChI is InChI=1S/C14H16Cl2FN3O3/c1-7(19-14(18)22)13(21)20-2-3-23-12(6-20)8-4-11(17)10(16)5-9(8)15/h4-5,7,12H,2-3,6H2,1H3,(H3,18,19,22). The van der Waals surface area contributed by atoms with Gasteiger partial charge in [-0.1, -0.05) is 23.2 Å². The fourth-order valence-electron chi connectivity index (χ4n) is 2.37. The Morgan fingerprint density at radius 1 is 1.43 bits per heavy atom. The van der Waals surface area contributed by atoms with Gasteiger partial charge in [0.15, 0.2) is 0 Å². The monoisotopic (exact) mass is 363 g/mol. The van der Waals surface area contributed by atoms with E-state index < -0.39 is 24.0 Å². The van der Waals surface area contributed by atoms with E-state index in [0.717, 1.165) is 0 Å². The Morgan fingerprint density at radius 2 is 2.13 bits per heavy atom. The lowest BCUT2D eigenvalue weighted by Gasteiger charge is -2.35. The van der Waals surface area contributed by atoms with Crippen molar-refractivity contribution in [2.45, 2.75) is 19.1 Å². The van der Waals surface area contributed by atoms with Crippen molar-refractivity contribution in [1.82, 2.24) is 10.2 Å². The first-order valence-electron chi connectivity index (χ1n) is 6.90. The zero-order chi connectivity index (χ0) is 17.1. The fourth-order valence-corrected chi connectivity index (χ4v) is 2.88. The van der Waals surface area contributed by atoms with Gasteiger partial charge in [0.1, 0.15) is 18.0 Å². The Balaban J connectivity index is 2.13. The summed E-state index contributed by atoms with van der Waals surface area (Å²) in [5.74, 6) is -0.912. The lowest BCUT2D eigenvalue weighted by Crippen LogP contribution is -2.52. The lowest BCUT2D eigenvalue weighted by molar-refractivity contribution is -0.140. The number of benzene rings is 1. The highest BCUT2D eigenvalue weighted by Gasteiger charge is 2.30. The summed E-state index contributed by atoms with van der Waals surface area (Å²) in [5, 5.41) is 2.51. The summed E-state index contributed by atoms with van der Waals surface area (Å²) >= 11 is 11.8. The van der Waals surface area contributed by atoms with Gasteiger partial charge in [0, 0.05) is 17.1 Å². The van der Waals surface area contributed by atoms with Crippen molar-refractivity contribution in [3.63, 3.8) is 0 Å². The number of carbonyl (C=O) groups excluding carboxylic acids is 2. The minimum Gasteiger partial charge on any atom is -0.370 e.